The summed E-state index contributed by atoms with van der Waals surface area (Å²) < 4.78 is 12.1. The summed E-state index contributed by atoms with van der Waals surface area (Å²) in [5, 5.41) is 8.93. The van der Waals surface area contributed by atoms with Gasteiger partial charge in [-0.2, -0.15) is 0 Å². The molecule has 0 unspecified atom stereocenters. The van der Waals surface area contributed by atoms with Crippen LogP contribution in [0.3, 0.4) is 0 Å². The molecule has 2 rings (SSSR count). The van der Waals surface area contributed by atoms with Gasteiger partial charge in [-0.1, -0.05) is 72.6 Å². The molecule has 1 aliphatic rings. The van der Waals surface area contributed by atoms with Crippen molar-refractivity contribution in [1.29, 1.82) is 0 Å². The summed E-state index contributed by atoms with van der Waals surface area (Å²) in [5.41, 5.74) is 3.05. The third-order valence-electron chi connectivity index (χ3n) is 7.77. The van der Waals surface area contributed by atoms with Gasteiger partial charge in [0.15, 0.2) is 6.61 Å². The number of hydrogen-bond donors (Lipinski definition) is 1. The molecule has 0 fully saturated rings. The molecule has 0 bridgehead atoms. The predicted octanol–water partition coefficient (Wildman–Crippen LogP) is 8.29. The minimum Gasteiger partial charge on any atom is -0.487 e. The fourth-order valence-corrected chi connectivity index (χ4v) is 5.22. The molecule has 0 amide bonds. The number of carbonyl (C=O) groups is 1. The predicted molar refractivity (Wildman–Crippen MR) is 141 cm³/mol. The van der Waals surface area contributed by atoms with Gasteiger partial charge in [0.25, 0.3) is 0 Å². The first-order valence-corrected chi connectivity index (χ1v) is 13.7. The zero-order valence-corrected chi connectivity index (χ0v) is 23.0. The van der Waals surface area contributed by atoms with E-state index in [0.29, 0.717) is 5.75 Å². The van der Waals surface area contributed by atoms with Gasteiger partial charge < -0.3 is 14.6 Å². The van der Waals surface area contributed by atoms with Crippen LogP contribution in [0.25, 0.3) is 0 Å². The molecule has 0 radical (unpaired) electrons. The number of aryl methyl sites for hydroxylation is 1. The lowest BCUT2D eigenvalue weighted by Gasteiger charge is -2.37. The van der Waals surface area contributed by atoms with Gasteiger partial charge in [-0.15, -0.1) is 0 Å². The Morgan fingerprint density at radius 3 is 2.18 bits per heavy atom. The quantitative estimate of drug-likeness (QED) is 0.278. The molecule has 0 spiro atoms. The van der Waals surface area contributed by atoms with Crippen LogP contribution in [0.1, 0.15) is 116 Å². The first kappa shape index (κ1) is 28.5. The second-order valence-corrected chi connectivity index (χ2v) is 11.7. The van der Waals surface area contributed by atoms with Crippen LogP contribution in [0.15, 0.2) is 6.07 Å². The van der Waals surface area contributed by atoms with Gasteiger partial charge in [0, 0.05) is 0 Å². The molecule has 1 heterocycles. The minimum atomic E-state index is -0.955. The molecule has 1 N–H and O–H groups in total. The van der Waals surface area contributed by atoms with Crippen molar-refractivity contribution >= 4 is 5.97 Å². The van der Waals surface area contributed by atoms with E-state index in [-0.39, 0.29) is 12.2 Å². The van der Waals surface area contributed by atoms with Crippen molar-refractivity contribution in [3.63, 3.8) is 0 Å². The maximum atomic E-state index is 10.9. The van der Waals surface area contributed by atoms with Crippen LogP contribution in [0.2, 0.25) is 0 Å². The van der Waals surface area contributed by atoms with Crippen LogP contribution in [0.4, 0.5) is 0 Å². The fraction of sp³-hybridized carbons (Fsp3) is 0.767. The lowest BCUT2D eigenvalue weighted by atomic mass is 9.85. The smallest absolute Gasteiger partial charge is 0.341 e. The van der Waals surface area contributed by atoms with Gasteiger partial charge in [0.2, 0.25) is 0 Å². The summed E-state index contributed by atoms with van der Waals surface area (Å²) in [6, 6.07) is 1.98. The Morgan fingerprint density at radius 2 is 1.59 bits per heavy atom. The third kappa shape index (κ3) is 9.15. The van der Waals surface area contributed by atoms with E-state index in [2.05, 4.69) is 41.5 Å². The van der Waals surface area contributed by atoms with Crippen LogP contribution in [-0.4, -0.2) is 23.3 Å². The summed E-state index contributed by atoms with van der Waals surface area (Å²) in [4.78, 5) is 10.9. The van der Waals surface area contributed by atoms with Crippen molar-refractivity contribution in [2.45, 2.75) is 125 Å². The Labute approximate surface area is 208 Å². The van der Waals surface area contributed by atoms with Crippen LogP contribution >= 0.6 is 0 Å². The second-order valence-electron chi connectivity index (χ2n) is 11.7. The highest BCUT2D eigenvalue weighted by Gasteiger charge is 2.33. The monoisotopic (exact) mass is 474 g/mol. The molecule has 0 saturated heterocycles. The van der Waals surface area contributed by atoms with Gasteiger partial charge in [0.05, 0.1) is 0 Å². The molecule has 34 heavy (non-hydrogen) atoms. The molecule has 0 aromatic heterocycles. The van der Waals surface area contributed by atoms with E-state index in [0.717, 1.165) is 59.5 Å². The number of ether oxygens (including phenoxy) is 2. The van der Waals surface area contributed by atoms with E-state index in [1.807, 2.05) is 13.0 Å². The minimum absolute atomic E-state index is 0.127. The number of fused-ring (bicyclic) bond motifs is 1. The largest absolute Gasteiger partial charge is 0.487 e. The van der Waals surface area contributed by atoms with E-state index in [9.17, 15) is 4.79 Å². The molecule has 0 saturated carbocycles. The molecule has 1 aromatic carbocycles. The first-order valence-electron chi connectivity index (χ1n) is 13.7. The molecule has 1 aromatic rings. The molecule has 4 nitrogen and oxygen atoms in total. The van der Waals surface area contributed by atoms with Gasteiger partial charge >= 0.3 is 5.97 Å². The van der Waals surface area contributed by atoms with E-state index in [4.69, 9.17) is 14.6 Å². The topological polar surface area (TPSA) is 55.8 Å². The van der Waals surface area contributed by atoms with Crippen molar-refractivity contribution in [3.05, 3.63) is 22.8 Å². The Morgan fingerprint density at radius 1 is 1.00 bits per heavy atom. The van der Waals surface area contributed by atoms with Gasteiger partial charge in [-0.05, 0) is 87.0 Å². The summed E-state index contributed by atoms with van der Waals surface area (Å²) in [5.74, 6) is 3.16. The highest BCUT2D eigenvalue weighted by Crippen LogP contribution is 2.42. The van der Waals surface area contributed by atoms with E-state index in [1.54, 1.807) is 0 Å². The summed E-state index contributed by atoms with van der Waals surface area (Å²) in [6.07, 6.45) is 13.7. The van der Waals surface area contributed by atoms with Crippen molar-refractivity contribution < 1.29 is 19.4 Å². The van der Waals surface area contributed by atoms with Crippen molar-refractivity contribution in [1.82, 2.24) is 0 Å². The Balaban J connectivity index is 1.77. The Hall–Kier alpha value is -1.71. The van der Waals surface area contributed by atoms with E-state index in [1.165, 1.54) is 51.4 Å². The van der Waals surface area contributed by atoms with Crippen molar-refractivity contribution in [2.24, 2.45) is 17.8 Å². The molecular formula is C30H50O4. The molecule has 1 aliphatic heterocycles. The van der Waals surface area contributed by atoms with Crippen LogP contribution < -0.4 is 9.47 Å². The third-order valence-corrected chi connectivity index (χ3v) is 7.77. The molecule has 4 heteroatoms. The lowest BCUT2D eigenvalue weighted by Crippen LogP contribution is -2.36. The average molecular weight is 475 g/mol. The lowest BCUT2D eigenvalue weighted by molar-refractivity contribution is -0.139. The highest BCUT2D eigenvalue weighted by molar-refractivity contribution is 5.68. The van der Waals surface area contributed by atoms with Crippen molar-refractivity contribution in [2.75, 3.05) is 6.61 Å². The summed E-state index contributed by atoms with van der Waals surface area (Å²) in [6.45, 7) is 15.5. The van der Waals surface area contributed by atoms with Gasteiger partial charge in [0.1, 0.15) is 17.1 Å². The molecular weight excluding hydrogens is 424 g/mol. The zero-order valence-electron chi connectivity index (χ0n) is 23.0. The number of aliphatic carboxylic acids is 1. The van der Waals surface area contributed by atoms with Gasteiger partial charge in [-0.3, -0.25) is 0 Å². The normalized spacial score (nSPS) is 19.4. The Bertz CT molecular complexity index is 785. The number of carboxylic acid groups (broad SMARTS) is 1. The van der Waals surface area contributed by atoms with E-state index < -0.39 is 5.97 Å². The first-order chi connectivity index (χ1) is 16.0. The van der Waals surface area contributed by atoms with Crippen LogP contribution in [-0.2, 0) is 11.2 Å². The zero-order chi connectivity index (χ0) is 25.3. The number of benzene rings is 1. The summed E-state index contributed by atoms with van der Waals surface area (Å²) in [7, 11) is 0. The Kier molecular flexibility index (Phi) is 11.2. The van der Waals surface area contributed by atoms with Gasteiger partial charge in [-0.25, -0.2) is 4.79 Å². The molecule has 194 valence electrons. The van der Waals surface area contributed by atoms with Crippen molar-refractivity contribution in [3.8, 4) is 11.5 Å². The van der Waals surface area contributed by atoms with Crippen LogP contribution in [0.5, 0.6) is 11.5 Å². The maximum absolute atomic E-state index is 10.9. The maximum Gasteiger partial charge on any atom is 0.341 e. The fourth-order valence-electron chi connectivity index (χ4n) is 5.22. The van der Waals surface area contributed by atoms with E-state index >= 15 is 0 Å². The number of carboxylic acids is 1. The molecule has 0 aliphatic carbocycles. The standard InChI is InChI=1S/C30H50O4/c1-21(2)11-8-12-22(3)13-9-14-23(4)15-10-17-30(7)18-16-26-19-27(33-20-28(31)32)24(5)25(6)29(26)34-30/h19,21-23H,8-18,20H2,1-7H3,(H,31,32)/t22-,23-,30-/m1/s1. The van der Waals surface area contributed by atoms with Crippen LogP contribution in [0, 0.1) is 31.6 Å². The number of hydrogen-bond acceptors (Lipinski definition) is 3. The SMILES string of the molecule is Cc1c(OCC(=O)O)cc2c(c1C)O[C@](C)(CCC[C@H](C)CCC[C@H](C)CCCC(C)C)CC2. The second kappa shape index (κ2) is 13.4. The molecule has 3 atom stereocenters. The highest BCUT2D eigenvalue weighted by atomic mass is 16.5. The number of rotatable bonds is 15. The summed E-state index contributed by atoms with van der Waals surface area (Å²) >= 11 is 0. The average Bonchev–Trinajstić information content (AvgIpc) is 2.75.